The van der Waals surface area contributed by atoms with Crippen LogP contribution < -0.4 is 0 Å². The van der Waals surface area contributed by atoms with Gasteiger partial charge in [-0.1, -0.05) is 0 Å². The second-order valence-corrected chi connectivity index (χ2v) is 9.55. The summed E-state index contributed by atoms with van der Waals surface area (Å²) in [6.07, 6.45) is 1.86. The molecule has 25 heavy (non-hydrogen) atoms. The van der Waals surface area contributed by atoms with Crippen molar-refractivity contribution in [2.45, 2.75) is 110 Å². The smallest absolute Gasteiger partial charge is 0.403 e. The molecule has 0 aromatic heterocycles. The minimum absolute atomic E-state index is 0.0413. The van der Waals surface area contributed by atoms with Crippen molar-refractivity contribution >= 4 is 20.0 Å². The molecule has 0 radical (unpaired) electrons. The summed E-state index contributed by atoms with van der Waals surface area (Å²) in [5.74, 6) is 0.218. The highest BCUT2D eigenvalue weighted by atomic mass is 16.7. The fourth-order valence-electron chi connectivity index (χ4n) is 3.14. The van der Waals surface area contributed by atoms with Gasteiger partial charge in [-0.2, -0.15) is 0 Å². The zero-order valence-electron chi connectivity index (χ0n) is 17.4. The van der Waals surface area contributed by atoms with Gasteiger partial charge in [0, 0.05) is 6.42 Å². The van der Waals surface area contributed by atoms with E-state index in [1.165, 1.54) is 0 Å². The van der Waals surface area contributed by atoms with Gasteiger partial charge in [-0.3, -0.25) is 0 Å². The highest BCUT2D eigenvalue weighted by Gasteiger charge is 2.56. The predicted octanol–water partition coefficient (Wildman–Crippen LogP) is 3.91. The highest BCUT2D eigenvalue weighted by Crippen LogP contribution is 2.45. The highest BCUT2D eigenvalue weighted by molar-refractivity contribution is 6.53. The van der Waals surface area contributed by atoms with Crippen LogP contribution >= 0.6 is 0 Å². The Morgan fingerprint density at radius 1 is 0.800 bits per heavy atom. The van der Waals surface area contributed by atoms with E-state index in [-0.39, 0.29) is 48.2 Å². The van der Waals surface area contributed by atoms with Gasteiger partial charge < -0.3 is 23.4 Å². The Labute approximate surface area is 153 Å². The molecule has 2 saturated heterocycles. The summed E-state index contributed by atoms with van der Waals surface area (Å²) in [5, 5.41) is 0. The Morgan fingerprint density at radius 2 is 1.20 bits per heavy atom. The van der Waals surface area contributed by atoms with Crippen molar-refractivity contribution in [1.29, 1.82) is 0 Å². The van der Waals surface area contributed by atoms with Crippen molar-refractivity contribution in [3.05, 3.63) is 0 Å². The molecule has 0 aromatic carbocycles. The van der Waals surface area contributed by atoms with Crippen molar-refractivity contribution in [2.75, 3.05) is 0 Å². The molecule has 2 fully saturated rings. The Bertz CT molecular complexity index is 484. The summed E-state index contributed by atoms with van der Waals surface area (Å²) in [6, 6.07) is 0. The number of hydrogen-bond donors (Lipinski definition) is 0. The predicted molar refractivity (Wildman–Crippen MR) is 101 cm³/mol. The molecule has 0 spiro atoms. The van der Waals surface area contributed by atoms with E-state index >= 15 is 0 Å². The molecule has 2 rings (SSSR count). The molecule has 142 valence electrons. The Kier molecular flexibility index (Phi) is 5.58. The minimum atomic E-state index is -0.387. The summed E-state index contributed by atoms with van der Waals surface area (Å²) in [6.45, 7) is 18.0. The first-order valence-corrected chi connectivity index (χ1v) is 9.38. The number of carbonyl (C=O) groups excluding carboxylic acids is 1. The van der Waals surface area contributed by atoms with E-state index in [1.54, 1.807) is 6.92 Å². The van der Waals surface area contributed by atoms with Crippen LogP contribution in [-0.4, -0.2) is 42.4 Å². The van der Waals surface area contributed by atoms with Gasteiger partial charge in [0.15, 0.2) is 0 Å². The average molecular weight is 352 g/mol. The number of Topliss-reactive ketones (excluding diaryl/α,β-unsaturated/α-hetero) is 1. The van der Waals surface area contributed by atoms with Crippen LogP contribution in [0.5, 0.6) is 0 Å². The van der Waals surface area contributed by atoms with E-state index in [4.69, 9.17) is 18.6 Å². The van der Waals surface area contributed by atoms with Crippen LogP contribution in [0.3, 0.4) is 0 Å². The lowest BCUT2D eigenvalue weighted by atomic mass is 9.59. The molecule has 1 unspecified atom stereocenters. The molecule has 0 N–H and O–H groups in total. The van der Waals surface area contributed by atoms with Crippen LogP contribution in [0.4, 0.5) is 0 Å². The average Bonchev–Trinajstić information content (AvgIpc) is 2.73. The number of ketones is 1. The van der Waals surface area contributed by atoms with Gasteiger partial charge in [0.2, 0.25) is 0 Å². The molecule has 0 aliphatic carbocycles. The first-order chi connectivity index (χ1) is 11.2. The molecule has 2 heterocycles. The zero-order valence-corrected chi connectivity index (χ0v) is 17.4. The third-order valence-electron chi connectivity index (χ3n) is 6.32. The summed E-state index contributed by atoms with van der Waals surface area (Å²) in [5.41, 5.74) is -1.50. The summed E-state index contributed by atoms with van der Waals surface area (Å²) < 4.78 is 24.7. The maximum absolute atomic E-state index is 11.5. The molecule has 0 saturated carbocycles. The van der Waals surface area contributed by atoms with Gasteiger partial charge in [0.25, 0.3) is 0 Å². The largest absolute Gasteiger partial charge is 0.460 e. The topological polar surface area (TPSA) is 54.0 Å². The molecular formula is C18H34B2O5. The van der Waals surface area contributed by atoms with E-state index in [1.807, 2.05) is 55.4 Å². The van der Waals surface area contributed by atoms with E-state index in [9.17, 15) is 4.79 Å². The van der Waals surface area contributed by atoms with Crippen LogP contribution in [0.1, 0.15) is 75.2 Å². The third kappa shape index (κ3) is 4.32. The lowest BCUT2D eigenvalue weighted by Crippen LogP contribution is -2.41. The quantitative estimate of drug-likeness (QED) is 0.679. The van der Waals surface area contributed by atoms with Gasteiger partial charge in [0.1, 0.15) is 5.78 Å². The first kappa shape index (κ1) is 20.9. The summed E-state index contributed by atoms with van der Waals surface area (Å²) in [7, 11) is -0.677. The maximum atomic E-state index is 11.5. The van der Waals surface area contributed by atoms with E-state index in [0.29, 0.717) is 19.2 Å². The molecule has 0 amide bonds. The third-order valence-corrected chi connectivity index (χ3v) is 6.32. The van der Waals surface area contributed by atoms with E-state index < -0.39 is 0 Å². The van der Waals surface area contributed by atoms with Crippen LogP contribution in [0.2, 0.25) is 12.1 Å². The van der Waals surface area contributed by atoms with Crippen LogP contribution in [0.25, 0.3) is 0 Å². The number of carbonyl (C=O) groups is 1. The normalized spacial score (nSPS) is 27.6. The summed E-state index contributed by atoms with van der Waals surface area (Å²) >= 11 is 0. The van der Waals surface area contributed by atoms with Crippen molar-refractivity contribution in [2.24, 2.45) is 0 Å². The van der Waals surface area contributed by atoms with Crippen molar-refractivity contribution in [1.82, 2.24) is 0 Å². The molecule has 2 aliphatic rings. The molecule has 0 aromatic rings. The summed E-state index contributed by atoms with van der Waals surface area (Å²) in [4.78, 5) is 11.5. The number of rotatable bonds is 6. The lowest BCUT2D eigenvalue weighted by molar-refractivity contribution is -0.117. The Balaban J connectivity index is 2.11. The second kappa shape index (κ2) is 6.66. The minimum Gasteiger partial charge on any atom is -0.403 e. The van der Waals surface area contributed by atoms with Gasteiger partial charge in [-0.15, -0.1) is 0 Å². The van der Waals surface area contributed by atoms with Gasteiger partial charge in [-0.05, 0) is 80.9 Å². The van der Waals surface area contributed by atoms with Crippen molar-refractivity contribution < 1.29 is 23.4 Å². The van der Waals surface area contributed by atoms with Gasteiger partial charge in [-0.25, -0.2) is 0 Å². The van der Waals surface area contributed by atoms with Crippen LogP contribution in [0, 0.1) is 0 Å². The Hall–Kier alpha value is -0.360. The van der Waals surface area contributed by atoms with Crippen LogP contribution in [-0.2, 0) is 23.4 Å². The number of hydrogen-bond acceptors (Lipinski definition) is 5. The molecule has 7 heteroatoms. The lowest BCUT2D eigenvalue weighted by Gasteiger charge is -2.32. The maximum Gasteiger partial charge on any atom is 0.460 e. The monoisotopic (exact) mass is 352 g/mol. The van der Waals surface area contributed by atoms with Gasteiger partial charge >= 0.3 is 14.2 Å². The van der Waals surface area contributed by atoms with Crippen LogP contribution in [0.15, 0.2) is 0 Å². The zero-order chi connectivity index (χ0) is 19.3. The Morgan fingerprint density at radius 3 is 1.60 bits per heavy atom. The van der Waals surface area contributed by atoms with E-state index in [2.05, 4.69) is 0 Å². The first-order valence-electron chi connectivity index (χ1n) is 9.38. The van der Waals surface area contributed by atoms with Crippen molar-refractivity contribution in [3.8, 4) is 0 Å². The second-order valence-electron chi connectivity index (χ2n) is 9.55. The molecule has 2 aliphatic heterocycles. The molecule has 1 atom stereocenters. The van der Waals surface area contributed by atoms with E-state index in [0.717, 1.165) is 0 Å². The molecule has 5 nitrogen and oxygen atoms in total. The van der Waals surface area contributed by atoms with Gasteiger partial charge in [0.05, 0.1) is 22.4 Å². The standard InChI is InChI=1S/C18H34B2O5/c1-13(21)10-11-14(20-24-17(6,7)18(8,9)25-20)12-19-22-15(2,3)16(4,5)23-19/h14H,10-12H2,1-9H3. The SMILES string of the molecule is CC(=O)CCC(CB1OC(C)(C)C(C)(C)O1)B1OC(C)(C)C(C)(C)O1. The molecular weight excluding hydrogens is 318 g/mol. The van der Waals surface area contributed by atoms with Crippen molar-refractivity contribution in [3.63, 3.8) is 0 Å². The fourth-order valence-corrected chi connectivity index (χ4v) is 3.14. The molecule has 0 bridgehead atoms. The fraction of sp³-hybridized carbons (Fsp3) is 0.944.